The third-order valence-corrected chi connectivity index (χ3v) is 2.06. The van der Waals surface area contributed by atoms with Crippen LogP contribution in [0.5, 0.6) is 5.88 Å². The number of nitrogens with zero attached hydrogens (tertiary/aromatic N) is 1. The molecule has 0 aromatic carbocycles. The van der Waals surface area contributed by atoms with Crippen molar-refractivity contribution in [2.45, 2.75) is 12.0 Å². The highest BCUT2D eigenvalue weighted by Gasteiger charge is 2.46. The second kappa shape index (κ2) is 3.49. The zero-order chi connectivity index (χ0) is 10.0. The van der Waals surface area contributed by atoms with Gasteiger partial charge in [-0.15, -0.1) is 0 Å². The number of alkyl halides is 2. The van der Waals surface area contributed by atoms with Crippen LogP contribution in [0.25, 0.3) is 0 Å². The quantitative estimate of drug-likeness (QED) is 0.775. The summed E-state index contributed by atoms with van der Waals surface area (Å²) in [5.74, 6) is -2.57. The van der Waals surface area contributed by atoms with Crippen LogP contribution in [-0.2, 0) is 0 Å². The summed E-state index contributed by atoms with van der Waals surface area (Å²) in [5.41, 5.74) is 0. The van der Waals surface area contributed by atoms with Crippen molar-refractivity contribution >= 4 is 0 Å². The Morgan fingerprint density at radius 1 is 1.50 bits per heavy atom. The van der Waals surface area contributed by atoms with Crippen LogP contribution in [0.15, 0.2) is 24.4 Å². The molecular formula is C9H10F2N2O. The highest BCUT2D eigenvalue weighted by molar-refractivity contribution is 5.11. The average molecular weight is 200 g/mol. The molecule has 0 radical (unpaired) electrons. The zero-order valence-corrected chi connectivity index (χ0v) is 7.41. The van der Waals surface area contributed by atoms with Crippen molar-refractivity contribution in [2.24, 2.45) is 0 Å². The van der Waals surface area contributed by atoms with E-state index in [0.29, 0.717) is 0 Å². The van der Waals surface area contributed by atoms with Gasteiger partial charge in [0.05, 0.1) is 6.54 Å². The van der Waals surface area contributed by atoms with E-state index in [2.05, 4.69) is 10.3 Å². The molecule has 1 saturated heterocycles. The largest absolute Gasteiger partial charge is 0.466 e. The van der Waals surface area contributed by atoms with Crippen LogP contribution in [0.3, 0.4) is 0 Å². The summed E-state index contributed by atoms with van der Waals surface area (Å²) in [4.78, 5) is 3.82. The van der Waals surface area contributed by atoms with E-state index in [4.69, 9.17) is 4.74 Å². The van der Waals surface area contributed by atoms with E-state index in [0.717, 1.165) is 0 Å². The number of pyridine rings is 1. The monoisotopic (exact) mass is 200 g/mol. The van der Waals surface area contributed by atoms with Crippen LogP contribution >= 0.6 is 0 Å². The topological polar surface area (TPSA) is 34.1 Å². The first-order valence-electron chi connectivity index (χ1n) is 4.35. The van der Waals surface area contributed by atoms with Gasteiger partial charge in [-0.05, 0) is 6.07 Å². The maximum atomic E-state index is 13.1. The molecule has 1 N–H and O–H groups in total. The standard InChI is InChI=1S/C9H10F2N2O/c10-9(11)6-12-5-7(9)14-8-3-1-2-4-13-8/h1-4,7,12H,5-6H2/t7-/m0/s1. The van der Waals surface area contributed by atoms with Crippen molar-refractivity contribution in [2.75, 3.05) is 13.1 Å². The molecular weight excluding hydrogens is 190 g/mol. The molecule has 1 fully saturated rings. The Balaban J connectivity index is 2.05. The molecule has 0 aliphatic carbocycles. The lowest BCUT2D eigenvalue weighted by molar-refractivity contribution is -0.0612. The smallest absolute Gasteiger partial charge is 0.297 e. The van der Waals surface area contributed by atoms with Gasteiger partial charge in [-0.25, -0.2) is 13.8 Å². The van der Waals surface area contributed by atoms with Gasteiger partial charge >= 0.3 is 0 Å². The minimum Gasteiger partial charge on any atom is -0.466 e. The highest BCUT2D eigenvalue weighted by atomic mass is 19.3. The Morgan fingerprint density at radius 3 is 2.93 bits per heavy atom. The minimum atomic E-state index is -2.81. The maximum Gasteiger partial charge on any atom is 0.297 e. The summed E-state index contributed by atoms with van der Waals surface area (Å²) in [6.07, 6.45) is 0.396. The van der Waals surface area contributed by atoms with Gasteiger partial charge in [0.2, 0.25) is 5.88 Å². The van der Waals surface area contributed by atoms with Gasteiger partial charge in [0.1, 0.15) is 0 Å². The van der Waals surface area contributed by atoms with Crippen molar-refractivity contribution in [3.05, 3.63) is 24.4 Å². The van der Waals surface area contributed by atoms with E-state index in [1.54, 1.807) is 18.2 Å². The van der Waals surface area contributed by atoms with E-state index < -0.39 is 12.0 Å². The van der Waals surface area contributed by atoms with Crippen molar-refractivity contribution < 1.29 is 13.5 Å². The lowest BCUT2D eigenvalue weighted by Crippen LogP contribution is -2.36. The summed E-state index contributed by atoms with van der Waals surface area (Å²) in [7, 11) is 0. The molecule has 1 aromatic heterocycles. The fourth-order valence-electron chi connectivity index (χ4n) is 1.32. The molecule has 1 aliphatic heterocycles. The normalized spacial score (nSPS) is 24.9. The molecule has 0 unspecified atom stereocenters. The van der Waals surface area contributed by atoms with Crippen molar-refractivity contribution in [1.29, 1.82) is 0 Å². The van der Waals surface area contributed by atoms with Crippen molar-refractivity contribution in [1.82, 2.24) is 10.3 Å². The Labute approximate surface area is 80.1 Å². The molecule has 0 spiro atoms. The van der Waals surface area contributed by atoms with E-state index in [9.17, 15) is 8.78 Å². The van der Waals surface area contributed by atoms with Gasteiger partial charge < -0.3 is 10.1 Å². The summed E-state index contributed by atoms with van der Waals surface area (Å²) >= 11 is 0. The molecule has 0 saturated carbocycles. The Morgan fingerprint density at radius 2 is 2.36 bits per heavy atom. The fourth-order valence-corrected chi connectivity index (χ4v) is 1.32. The lowest BCUT2D eigenvalue weighted by atomic mass is 10.2. The average Bonchev–Trinajstić information content (AvgIpc) is 2.48. The number of nitrogens with one attached hydrogen (secondary N) is 1. The second-order valence-electron chi connectivity index (χ2n) is 3.17. The summed E-state index contributed by atoms with van der Waals surface area (Å²) in [5, 5.41) is 2.58. The number of hydrogen-bond acceptors (Lipinski definition) is 3. The van der Waals surface area contributed by atoms with Gasteiger partial charge in [0.25, 0.3) is 5.92 Å². The molecule has 1 aromatic rings. The second-order valence-corrected chi connectivity index (χ2v) is 3.17. The van der Waals surface area contributed by atoms with Crippen molar-refractivity contribution in [3.63, 3.8) is 0 Å². The number of aromatic nitrogens is 1. The summed E-state index contributed by atoms with van der Waals surface area (Å²) in [6.45, 7) is -0.173. The first-order chi connectivity index (χ1) is 6.68. The van der Waals surface area contributed by atoms with Gasteiger partial charge in [-0.3, -0.25) is 0 Å². The Hall–Kier alpha value is -1.23. The molecule has 76 valence electrons. The van der Waals surface area contributed by atoms with Crippen LogP contribution in [0.4, 0.5) is 8.78 Å². The molecule has 0 amide bonds. The van der Waals surface area contributed by atoms with Gasteiger partial charge in [-0.1, -0.05) is 6.07 Å². The Bertz CT molecular complexity index is 305. The van der Waals surface area contributed by atoms with Crippen molar-refractivity contribution in [3.8, 4) is 5.88 Å². The molecule has 3 nitrogen and oxygen atoms in total. The molecule has 2 heterocycles. The zero-order valence-electron chi connectivity index (χ0n) is 7.41. The van der Waals surface area contributed by atoms with E-state index >= 15 is 0 Å². The molecule has 2 rings (SSSR count). The molecule has 0 bridgehead atoms. The maximum absolute atomic E-state index is 13.1. The number of halogens is 2. The Kier molecular flexibility index (Phi) is 2.33. The first-order valence-corrected chi connectivity index (χ1v) is 4.35. The highest BCUT2D eigenvalue weighted by Crippen LogP contribution is 2.25. The third kappa shape index (κ3) is 1.82. The SMILES string of the molecule is FC1(F)CNC[C@@H]1Oc1ccccn1. The number of rotatable bonds is 2. The van der Waals surface area contributed by atoms with Gasteiger partial charge in [-0.2, -0.15) is 0 Å². The van der Waals surface area contributed by atoms with Crippen LogP contribution in [0.2, 0.25) is 0 Å². The lowest BCUT2D eigenvalue weighted by Gasteiger charge is -2.18. The minimum absolute atomic E-state index is 0.156. The molecule has 14 heavy (non-hydrogen) atoms. The number of ether oxygens (including phenoxy) is 1. The molecule has 1 atom stereocenters. The molecule has 1 aliphatic rings. The van der Waals surface area contributed by atoms with Crippen LogP contribution in [0.1, 0.15) is 0 Å². The first kappa shape index (κ1) is 9.33. The number of hydrogen-bond donors (Lipinski definition) is 1. The van der Waals surface area contributed by atoms with Crippen LogP contribution < -0.4 is 10.1 Å². The summed E-state index contributed by atoms with van der Waals surface area (Å²) < 4.78 is 31.2. The molecule has 5 heteroatoms. The third-order valence-electron chi connectivity index (χ3n) is 2.06. The van der Waals surface area contributed by atoms with Crippen LogP contribution in [-0.4, -0.2) is 30.1 Å². The fraction of sp³-hybridized carbons (Fsp3) is 0.444. The summed E-state index contributed by atoms with van der Waals surface area (Å²) in [6, 6.07) is 4.97. The predicted octanol–water partition coefficient (Wildman–Crippen LogP) is 1.07. The van der Waals surface area contributed by atoms with E-state index in [-0.39, 0.29) is 19.0 Å². The predicted molar refractivity (Wildman–Crippen MR) is 46.5 cm³/mol. The van der Waals surface area contributed by atoms with E-state index in [1.807, 2.05) is 0 Å². The van der Waals surface area contributed by atoms with E-state index in [1.165, 1.54) is 6.20 Å². The van der Waals surface area contributed by atoms with Gasteiger partial charge in [0.15, 0.2) is 6.10 Å². The van der Waals surface area contributed by atoms with Gasteiger partial charge in [0, 0.05) is 18.8 Å². The van der Waals surface area contributed by atoms with Crippen LogP contribution in [0, 0.1) is 0 Å².